The number of ether oxygens (including phenoxy) is 1. The molecule has 3 rings (SSSR count). The van der Waals surface area contributed by atoms with Crippen molar-refractivity contribution in [3.05, 3.63) is 70.3 Å². The summed E-state index contributed by atoms with van der Waals surface area (Å²) in [5, 5.41) is 0. The number of carbonyl (C=O) groups excluding carboxylic acids is 1. The highest BCUT2D eigenvalue weighted by Crippen LogP contribution is 2.25. The molecule has 0 aromatic heterocycles. The summed E-state index contributed by atoms with van der Waals surface area (Å²) in [4.78, 5) is 15.1. The standard InChI is InChI=1S/C25H31NO2/c1-19-9-5-6-10-22(19)11-12-24(27)23-17-20(2)25(21(3)18-23)28-16-15-26-13-7-4-8-14-26/h5-6,9-12,17-18H,4,7-8,13-16H2,1-3H3/b12-11+. The Hall–Kier alpha value is -2.39. The third-order valence-corrected chi connectivity index (χ3v) is 5.45. The maximum Gasteiger partial charge on any atom is 0.185 e. The van der Waals surface area contributed by atoms with Crippen LogP contribution in [0.4, 0.5) is 0 Å². The molecular weight excluding hydrogens is 346 g/mol. The lowest BCUT2D eigenvalue weighted by atomic mass is 10.0. The monoisotopic (exact) mass is 377 g/mol. The fourth-order valence-electron chi connectivity index (χ4n) is 3.82. The van der Waals surface area contributed by atoms with Crippen LogP contribution in [0.15, 0.2) is 42.5 Å². The van der Waals surface area contributed by atoms with Gasteiger partial charge in [-0.2, -0.15) is 0 Å². The Bertz CT molecular complexity index is 824. The largest absolute Gasteiger partial charge is 0.492 e. The molecule has 3 nitrogen and oxygen atoms in total. The summed E-state index contributed by atoms with van der Waals surface area (Å²) in [6.45, 7) is 10.1. The summed E-state index contributed by atoms with van der Waals surface area (Å²) in [5.74, 6) is 0.936. The maximum atomic E-state index is 12.6. The Kier molecular flexibility index (Phi) is 7.05. The van der Waals surface area contributed by atoms with Crippen molar-refractivity contribution in [2.45, 2.75) is 40.0 Å². The molecule has 1 aliphatic heterocycles. The van der Waals surface area contributed by atoms with Crippen LogP contribution in [0.5, 0.6) is 5.75 Å². The van der Waals surface area contributed by atoms with Gasteiger partial charge in [-0.3, -0.25) is 9.69 Å². The Labute approximate surface area is 169 Å². The minimum atomic E-state index is 0.0225. The molecule has 0 atom stereocenters. The lowest BCUT2D eigenvalue weighted by molar-refractivity contribution is 0.104. The first-order valence-electron chi connectivity index (χ1n) is 10.3. The molecule has 0 unspecified atom stereocenters. The second-order valence-electron chi connectivity index (χ2n) is 7.74. The van der Waals surface area contributed by atoms with Crippen LogP contribution in [-0.4, -0.2) is 36.9 Å². The zero-order valence-electron chi connectivity index (χ0n) is 17.3. The van der Waals surface area contributed by atoms with Gasteiger partial charge in [0.25, 0.3) is 0 Å². The van der Waals surface area contributed by atoms with Gasteiger partial charge >= 0.3 is 0 Å². The van der Waals surface area contributed by atoms with E-state index < -0.39 is 0 Å². The Morgan fingerprint density at radius 2 is 1.68 bits per heavy atom. The van der Waals surface area contributed by atoms with Gasteiger partial charge in [-0.05, 0) is 87.2 Å². The molecule has 2 aromatic carbocycles. The third-order valence-electron chi connectivity index (χ3n) is 5.45. The van der Waals surface area contributed by atoms with Crippen molar-refractivity contribution in [2.75, 3.05) is 26.2 Å². The Morgan fingerprint density at radius 3 is 2.36 bits per heavy atom. The molecule has 0 N–H and O–H groups in total. The molecular formula is C25H31NO2. The van der Waals surface area contributed by atoms with Crippen LogP contribution in [0.2, 0.25) is 0 Å². The first-order chi connectivity index (χ1) is 13.5. The van der Waals surface area contributed by atoms with Crippen LogP contribution >= 0.6 is 0 Å². The van der Waals surface area contributed by atoms with E-state index in [1.54, 1.807) is 6.08 Å². The second-order valence-corrected chi connectivity index (χ2v) is 7.74. The van der Waals surface area contributed by atoms with Gasteiger partial charge in [0.1, 0.15) is 12.4 Å². The average Bonchev–Trinajstić information content (AvgIpc) is 2.70. The molecule has 1 saturated heterocycles. The van der Waals surface area contributed by atoms with Crippen molar-refractivity contribution in [3.63, 3.8) is 0 Å². The predicted molar refractivity (Wildman–Crippen MR) is 116 cm³/mol. The minimum Gasteiger partial charge on any atom is -0.492 e. The zero-order chi connectivity index (χ0) is 19.9. The summed E-state index contributed by atoms with van der Waals surface area (Å²) in [6, 6.07) is 11.9. The number of hydrogen-bond acceptors (Lipinski definition) is 3. The van der Waals surface area contributed by atoms with Crippen LogP contribution in [0.25, 0.3) is 6.08 Å². The van der Waals surface area contributed by atoms with E-state index in [1.807, 2.05) is 50.3 Å². The summed E-state index contributed by atoms with van der Waals surface area (Å²) >= 11 is 0. The fraction of sp³-hybridized carbons (Fsp3) is 0.400. The fourth-order valence-corrected chi connectivity index (χ4v) is 3.82. The van der Waals surface area contributed by atoms with Crippen molar-refractivity contribution in [1.29, 1.82) is 0 Å². The summed E-state index contributed by atoms with van der Waals surface area (Å²) in [7, 11) is 0. The lowest BCUT2D eigenvalue weighted by Gasteiger charge is -2.26. The number of carbonyl (C=O) groups is 1. The van der Waals surface area contributed by atoms with Crippen molar-refractivity contribution >= 4 is 11.9 Å². The van der Waals surface area contributed by atoms with Gasteiger partial charge < -0.3 is 4.74 Å². The smallest absolute Gasteiger partial charge is 0.185 e. The number of aryl methyl sites for hydroxylation is 3. The first kappa shape index (κ1) is 20.3. The molecule has 0 amide bonds. The third kappa shape index (κ3) is 5.32. The first-order valence-corrected chi connectivity index (χ1v) is 10.3. The molecule has 1 heterocycles. The Morgan fingerprint density at radius 1 is 1.00 bits per heavy atom. The van der Waals surface area contributed by atoms with Crippen LogP contribution in [0.1, 0.15) is 51.9 Å². The SMILES string of the molecule is Cc1ccccc1/C=C/C(=O)c1cc(C)c(OCCN2CCCCC2)c(C)c1. The average molecular weight is 378 g/mol. The highest BCUT2D eigenvalue weighted by atomic mass is 16.5. The van der Waals surface area contributed by atoms with Gasteiger partial charge in [-0.15, -0.1) is 0 Å². The number of likely N-dealkylation sites (tertiary alicyclic amines) is 1. The van der Waals surface area contributed by atoms with Crippen LogP contribution in [0.3, 0.4) is 0 Å². The molecule has 0 aliphatic carbocycles. The normalized spacial score (nSPS) is 15.1. The van der Waals surface area contributed by atoms with E-state index in [9.17, 15) is 4.79 Å². The molecule has 1 fully saturated rings. The van der Waals surface area contributed by atoms with Crippen molar-refractivity contribution < 1.29 is 9.53 Å². The van der Waals surface area contributed by atoms with E-state index in [4.69, 9.17) is 4.74 Å². The van der Waals surface area contributed by atoms with Crippen molar-refractivity contribution in [3.8, 4) is 5.75 Å². The number of benzene rings is 2. The van der Waals surface area contributed by atoms with Gasteiger partial charge in [0.2, 0.25) is 0 Å². The van der Waals surface area contributed by atoms with Gasteiger partial charge in [0.05, 0.1) is 0 Å². The molecule has 3 heteroatoms. The molecule has 1 aliphatic rings. The van der Waals surface area contributed by atoms with E-state index >= 15 is 0 Å². The van der Waals surface area contributed by atoms with E-state index in [-0.39, 0.29) is 5.78 Å². The van der Waals surface area contributed by atoms with Gasteiger partial charge in [0.15, 0.2) is 5.78 Å². The highest BCUT2D eigenvalue weighted by Gasteiger charge is 2.13. The van der Waals surface area contributed by atoms with Crippen LogP contribution in [-0.2, 0) is 0 Å². The number of piperidine rings is 1. The molecule has 0 bridgehead atoms. The quantitative estimate of drug-likeness (QED) is 0.480. The lowest BCUT2D eigenvalue weighted by Crippen LogP contribution is -2.33. The summed E-state index contributed by atoms with van der Waals surface area (Å²) < 4.78 is 6.08. The zero-order valence-corrected chi connectivity index (χ0v) is 17.3. The number of nitrogens with zero attached hydrogens (tertiary/aromatic N) is 1. The van der Waals surface area contributed by atoms with Crippen molar-refractivity contribution in [1.82, 2.24) is 4.90 Å². The van der Waals surface area contributed by atoms with E-state index in [0.29, 0.717) is 12.2 Å². The topological polar surface area (TPSA) is 29.5 Å². The van der Waals surface area contributed by atoms with Gasteiger partial charge in [-0.1, -0.05) is 36.8 Å². The number of allylic oxidation sites excluding steroid dienone is 1. The summed E-state index contributed by atoms with van der Waals surface area (Å²) in [5.41, 5.74) is 4.99. The van der Waals surface area contributed by atoms with E-state index in [1.165, 1.54) is 32.4 Å². The van der Waals surface area contributed by atoms with Crippen LogP contribution in [0, 0.1) is 20.8 Å². The molecule has 0 radical (unpaired) electrons. The van der Waals surface area contributed by atoms with Gasteiger partial charge in [-0.25, -0.2) is 0 Å². The molecule has 148 valence electrons. The van der Waals surface area contributed by atoms with E-state index in [0.717, 1.165) is 34.5 Å². The number of ketones is 1. The minimum absolute atomic E-state index is 0.0225. The maximum absolute atomic E-state index is 12.6. The van der Waals surface area contributed by atoms with Crippen LogP contribution < -0.4 is 4.74 Å². The molecule has 2 aromatic rings. The summed E-state index contributed by atoms with van der Waals surface area (Å²) in [6.07, 6.45) is 7.50. The number of rotatable bonds is 7. The van der Waals surface area contributed by atoms with Crippen molar-refractivity contribution in [2.24, 2.45) is 0 Å². The number of hydrogen-bond donors (Lipinski definition) is 0. The molecule has 0 saturated carbocycles. The second kappa shape index (κ2) is 9.70. The molecule has 0 spiro atoms. The Balaban J connectivity index is 1.63. The highest BCUT2D eigenvalue weighted by molar-refractivity contribution is 6.07. The molecule has 28 heavy (non-hydrogen) atoms. The predicted octanol–water partition coefficient (Wildman–Crippen LogP) is 5.37. The van der Waals surface area contributed by atoms with Gasteiger partial charge in [0, 0.05) is 12.1 Å². The van der Waals surface area contributed by atoms with E-state index in [2.05, 4.69) is 17.9 Å².